The second-order valence-electron chi connectivity index (χ2n) is 3.11. The van der Waals surface area contributed by atoms with Crippen molar-refractivity contribution in [2.75, 3.05) is 6.54 Å². The molecular weight excluding hydrogens is 194 g/mol. The topological polar surface area (TPSA) is 81.8 Å². The third kappa shape index (κ3) is 2.06. The van der Waals surface area contributed by atoms with E-state index in [2.05, 4.69) is 10.3 Å². The lowest BCUT2D eigenvalue weighted by Gasteiger charge is -1.99. The lowest BCUT2D eigenvalue weighted by Crippen LogP contribution is -2.12. The molecule has 0 spiro atoms. The fourth-order valence-electron chi connectivity index (χ4n) is 1.36. The summed E-state index contributed by atoms with van der Waals surface area (Å²) < 4.78 is 4.91. The van der Waals surface area contributed by atoms with Crippen molar-refractivity contribution in [1.82, 2.24) is 10.3 Å². The van der Waals surface area contributed by atoms with Gasteiger partial charge in [0.25, 0.3) is 0 Å². The van der Waals surface area contributed by atoms with Gasteiger partial charge in [0.2, 0.25) is 0 Å². The quantitative estimate of drug-likeness (QED) is 0.569. The molecule has 0 unspecified atom stereocenters. The smallest absolute Gasteiger partial charge is 0.408 e. The highest BCUT2D eigenvalue weighted by molar-refractivity contribution is 5.72. The van der Waals surface area contributed by atoms with Crippen molar-refractivity contribution in [2.45, 2.75) is 6.54 Å². The Morgan fingerprint density at radius 2 is 2.40 bits per heavy atom. The summed E-state index contributed by atoms with van der Waals surface area (Å²) in [6.07, 6.45) is 0. The molecule has 2 N–H and O–H groups in total. The normalized spacial score (nSPS) is 10.3. The summed E-state index contributed by atoms with van der Waals surface area (Å²) in [5.74, 6) is -0.452. The van der Waals surface area contributed by atoms with Crippen molar-refractivity contribution < 1.29 is 4.42 Å². The Labute approximate surface area is 85.3 Å². The number of rotatable bonds is 3. The number of H-pyrrole nitrogens is 1. The molecule has 0 aliphatic heterocycles. The first kappa shape index (κ1) is 9.49. The molecule has 0 saturated carbocycles. The van der Waals surface area contributed by atoms with Gasteiger partial charge in [-0.2, -0.15) is 5.26 Å². The van der Waals surface area contributed by atoms with Crippen LogP contribution in [-0.4, -0.2) is 11.5 Å². The van der Waals surface area contributed by atoms with Crippen LogP contribution in [0.1, 0.15) is 5.56 Å². The summed E-state index contributed by atoms with van der Waals surface area (Å²) in [5.41, 5.74) is 2.20. The molecule has 15 heavy (non-hydrogen) atoms. The van der Waals surface area contributed by atoms with Gasteiger partial charge in [0, 0.05) is 6.54 Å². The minimum absolute atomic E-state index is 0.301. The highest BCUT2D eigenvalue weighted by Crippen LogP contribution is 2.11. The van der Waals surface area contributed by atoms with Crippen LogP contribution >= 0.6 is 0 Å². The second-order valence-corrected chi connectivity index (χ2v) is 3.11. The zero-order valence-corrected chi connectivity index (χ0v) is 7.91. The van der Waals surface area contributed by atoms with E-state index in [0.29, 0.717) is 24.2 Å². The zero-order chi connectivity index (χ0) is 10.7. The fourth-order valence-corrected chi connectivity index (χ4v) is 1.36. The number of aromatic nitrogens is 1. The van der Waals surface area contributed by atoms with E-state index in [1.54, 1.807) is 12.1 Å². The van der Waals surface area contributed by atoms with Crippen LogP contribution in [0.4, 0.5) is 0 Å². The van der Waals surface area contributed by atoms with Crippen LogP contribution in [0.5, 0.6) is 0 Å². The summed E-state index contributed by atoms with van der Waals surface area (Å²) in [5, 5.41) is 11.3. The maximum atomic E-state index is 10.9. The summed E-state index contributed by atoms with van der Waals surface area (Å²) in [4.78, 5) is 13.4. The van der Waals surface area contributed by atoms with E-state index < -0.39 is 5.76 Å². The van der Waals surface area contributed by atoms with Crippen LogP contribution in [0.2, 0.25) is 0 Å². The average Bonchev–Trinajstić information content (AvgIpc) is 2.57. The average molecular weight is 203 g/mol. The minimum Gasteiger partial charge on any atom is -0.408 e. The molecule has 0 bridgehead atoms. The number of nitrogens with one attached hydrogen (secondary N) is 2. The summed E-state index contributed by atoms with van der Waals surface area (Å²) in [6, 6.07) is 7.42. The van der Waals surface area contributed by atoms with E-state index in [1.165, 1.54) is 0 Å². The first-order chi connectivity index (χ1) is 7.29. The number of nitriles is 1. The molecule has 0 saturated heterocycles. The zero-order valence-electron chi connectivity index (χ0n) is 7.91. The van der Waals surface area contributed by atoms with Crippen LogP contribution in [-0.2, 0) is 6.54 Å². The Morgan fingerprint density at radius 3 is 3.20 bits per heavy atom. The third-order valence-corrected chi connectivity index (χ3v) is 2.02. The number of hydrogen-bond donors (Lipinski definition) is 2. The predicted octanol–water partition coefficient (Wildman–Crippen LogP) is 0.734. The number of hydrogen-bond acceptors (Lipinski definition) is 4. The summed E-state index contributed by atoms with van der Waals surface area (Å²) in [6.45, 7) is 0.882. The van der Waals surface area contributed by atoms with Crippen LogP contribution in [0.3, 0.4) is 0 Å². The molecule has 5 heteroatoms. The van der Waals surface area contributed by atoms with Crippen molar-refractivity contribution in [3.05, 3.63) is 34.3 Å². The molecule has 0 fully saturated rings. The number of aromatic amines is 1. The van der Waals surface area contributed by atoms with Crippen molar-refractivity contribution in [3.63, 3.8) is 0 Å². The van der Waals surface area contributed by atoms with E-state index in [-0.39, 0.29) is 0 Å². The molecule has 0 radical (unpaired) electrons. The van der Waals surface area contributed by atoms with E-state index in [0.717, 1.165) is 5.56 Å². The van der Waals surface area contributed by atoms with Gasteiger partial charge < -0.3 is 9.73 Å². The Hall–Kier alpha value is -2.06. The second kappa shape index (κ2) is 3.98. The lowest BCUT2D eigenvalue weighted by molar-refractivity contribution is 0.555. The molecule has 76 valence electrons. The molecule has 0 aliphatic rings. The predicted molar refractivity (Wildman–Crippen MR) is 54.2 cm³/mol. The number of fused-ring (bicyclic) bond motifs is 1. The first-order valence-electron chi connectivity index (χ1n) is 4.49. The van der Waals surface area contributed by atoms with Crippen molar-refractivity contribution in [3.8, 4) is 6.07 Å². The molecule has 5 nitrogen and oxygen atoms in total. The fraction of sp³-hybridized carbons (Fsp3) is 0.200. The summed E-state index contributed by atoms with van der Waals surface area (Å²) >= 11 is 0. The molecule has 1 aromatic carbocycles. The van der Waals surface area contributed by atoms with E-state index in [1.807, 2.05) is 12.1 Å². The lowest BCUT2D eigenvalue weighted by atomic mass is 10.2. The largest absolute Gasteiger partial charge is 0.417 e. The highest BCUT2D eigenvalue weighted by atomic mass is 16.4. The molecule has 2 rings (SSSR count). The molecule has 0 atom stereocenters. The molecule has 0 aliphatic carbocycles. The Kier molecular flexibility index (Phi) is 2.52. The maximum Gasteiger partial charge on any atom is 0.417 e. The first-order valence-corrected chi connectivity index (χ1v) is 4.49. The molecule has 2 aromatic rings. The van der Waals surface area contributed by atoms with Crippen LogP contribution in [0.25, 0.3) is 11.1 Å². The van der Waals surface area contributed by atoms with Crippen LogP contribution < -0.4 is 11.1 Å². The van der Waals surface area contributed by atoms with Crippen LogP contribution in [0, 0.1) is 11.3 Å². The monoisotopic (exact) mass is 203 g/mol. The Morgan fingerprint density at radius 1 is 1.53 bits per heavy atom. The molecule has 0 amide bonds. The van der Waals surface area contributed by atoms with Gasteiger partial charge in [-0.25, -0.2) is 4.79 Å². The maximum absolute atomic E-state index is 10.9. The van der Waals surface area contributed by atoms with E-state index >= 15 is 0 Å². The van der Waals surface area contributed by atoms with Gasteiger partial charge in [-0.1, -0.05) is 6.07 Å². The molecule has 1 aromatic heterocycles. The van der Waals surface area contributed by atoms with Gasteiger partial charge in [-0.15, -0.1) is 0 Å². The van der Waals surface area contributed by atoms with E-state index in [4.69, 9.17) is 9.68 Å². The highest BCUT2D eigenvalue weighted by Gasteiger charge is 2.01. The van der Waals surface area contributed by atoms with Gasteiger partial charge in [0.15, 0.2) is 5.58 Å². The van der Waals surface area contributed by atoms with Crippen molar-refractivity contribution in [2.24, 2.45) is 0 Å². The standard InChI is InChI=1S/C10H9N3O2/c11-3-4-12-6-7-1-2-8-9(5-7)15-10(14)13-8/h1-2,5,12H,4,6H2,(H,13,14). The third-order valence-electron chi connectivity index (χ3n) is 2.02. The number of oxazole rings is 1. The van der Waals surface area contributed by atoms with Gasteiger partial charge in [0.05, 0.1) is 18.1 Å². The van der Waals surface area contributed by atoms with Gasteiger partial charge in [-0.05, 0) is 17.7 Å². The van der Waals surface area contributed by atoms with Crippen LogP contribution in [0.15, 0.2) is 27.4 Å². The van der Waals surface area contributed by atoms with Gasteiger partial charge in [-0.3, -0.25) is 4.98 Å². The van der Waals surface area contributed by atoms with E-state index in [9.17, 15) is 4.79 Å². The van der Waals surface area contributed by atoms with Crippen molar-refractivity contribution in [1.29, 1.82) is 5.26 Å². The molecule has 1 heterocycles. The van der Waals surface area contributed by atoms with Gasteiger partial charge in [0.1, 0.15) is 0 Å². The van der Waals surface area contributed by atoms with Gasteiger partial charge >= 0.3 is 5.76 Å². The Bertz CT molecular complexity index is 562. The minimum atomic E-state index is -0.452. The molecular formula is C10H9N3O2. The Balaban J connectivity index is 2.23. The number of benzene rings is 1. The summed E-state index contributed by atoms with van der Waals surface area (Å²) in [7, 11) is 0. The van der Waals surface area contributed by atoms with Crippen molar-refractivity contribution >= 4 is 11.1 Å². The SMILES string of the molecule is N#CCNCc1ccc2[nH]c(=O)oc2c1. The number of nitrogens with zero attached hydrogens (tertiary/aromatic N) is 1.